The van der Waals surface area contributed by atoms with Crippen LogP contribution in [0.2, 0.25) is 0 Å². The van der Waals surface area contributed by atoms with Crippen molar-refractivity contribution in [3.05, 3.63) is 129 Å². The van der Waals surface area contributed by atoms with Gasteiger partial charge in [-0.15, -0.1) is 10.2 Å². The maximum absolute atomic E-state index is 11.8. The second kappa shape index (κ2) is 17.8. The van der Waals surface area contributed by atoms with Gasteiger partial charge in [-0.25, -0.2) is 4.79 Å². The van der Waals surface area contributed by atoms with E-state index in [1.54, 1.807) is 48.5 Å². The Bertz CT molecular complexity index is 3040. The number of nitrogens with one attached hydrogen (secondary N) is 2. The average molecular weight is 876 g/mol. The van der Waals surface area contributed by atoms with Gasteiger partial charge in [0.2, 0.25) is 0 Å². The molecule has 20 nitrogen and oxygen atoms in total. The maximum atomic E-state index is 11.8. The first-order valence-corrected chi connectivity index (χ1v) is 18.1. The number of hydrogen-bond donors (Lipinski definition) is 6. The van der Waals surface area contributed by atoms with Gasteiger partial charge in [0.05, 0.1) is 28.0 Å². The number of benzene rings is 7. The fourth-order valence-corrected chi connectivity index (χ4v) is 6.53. The number of non-ortho nitro benzene ring substituents is 2. The summed E-state index contributed by atoms with van der Waals surface area (Å²) in [5, 5.41) is 80.3. The van der Waals surface area contributed by atoms with E-state index in [0.717, 1.165) is 41.8 Å². The zero-order valence-corrected chi connectivity index (χ0v) is 32.6. The normalized spacial score (nSPS) is 11.3. The fourth-order valence-electron chi connectivity index (χ4n) is 5.82. The van der Waals surface area contributed by atoms with Crippen LogP contribution in [0.1, 0.15) is 0 Å². The molecule has 8 N–H and O–H groups in total. The van der Waals surface area contributed by atoms with E-state index in [1.807, 2.05) is 12.1 Å². The summed E-state index contributed by atoms with van der Waals surface area (Å²) in [5.41, 5.74) is -0.251. The first-order chi connectivity index (χ1) is 28.1. The molecule has 0 aromatic heterocycles. The summed E-state index contributed by atoms with van der Waals surface area (Å²) in [5.74, 6) is -0.994. The number of carbonyl (C=O) groups is 1. The Hall–Kier alpha value is -7.77. The third-order valence-corrected chi connectivity index (χ3v) is 9.47. The van der Waals surface area contributed by atoms with E-state index in [0.29, 0.717) is 27.5 Å². The van der Waals surface area contributed by atoms with Crippen LogP contribution in [0.15, 0.2) is 129 Å². The number of fused-ring (bicyclic) bond motifs is 3. The molecule has 22 heteroatoms. The van der Waals surface area contributed by atoms with Gasteiger partial charge in [0.15, 0.2) is 5.69 Å². The van der Waals surface area contributed by atoms with Crippen LogP contribution in [0, 0.1) is 20.2 Å². The number of rotatable bonds is 8. The molecule has 7 rings (SSSR count). The van der Waals surface area contributed by atoms with Crippen molar-refractivity contribution in [2.24, 2.45) is 15.3 Å². The Morgan fingerprint density at radius 1 is 0.750 bits per heavy atom. The van der Waals surface area contributed by atoms with Crippen molar-refractivity contribution in [2.45, 2.75) is 4.90 Å². The van der Waals surface area contributed by atoms with Gasteiger partial charge in [0.1, 0.15) is 33.5 Å². The monoisotopic (exact) mass is 875 g/mol. The summed E-state index contributed by atoms with van der Waals surface area (Å²) in [4.78, 5) is 31.6. The molecule has 0 bridgehead atoms. The average Bonchev–Trinajstić information content (AvgIpc) is 3.20. The predicted molar refractivity (Wildman–Crippen MR) is 212 cm³/mol. The molecule has 0 spiro atoms. The van der Waals surface area contributed by atoms with Crippen LogP contribution in [-0.4, -0.2) is 56.4 Å². The van der Waals surface area contributed by atoms with E-state index in [1.165, 1.54) is 19.2 Å². The minimum atomic E-state index is -4.79. The van der Waals surface area contributed by atoms with Gasteiger partial charge < -0.3 is 25.2 Å². The standard InChI is InChI=1S/C20H13N3O7S.C18H14N4O6.Cr/c24-16-8-5-11-3-1-2-4-13(11)19(16)21-22-20-14-7-6-12(23(26)27)9-15(14)18(10-17(20)25)31(28,29)30;1-28-18(25)19-12-4-2-3-10-5-7-15(24)17(16(10)12)21-20-13-9-11(22(26)27)6-8-14(13)23;/h1-10,24-25H,(H,28,29,30);2-9,23-24H,1H3,(H,19,25);/p+2. The Morgan fingerprint density at radius 2 is 1.40 bits per heavy atom. The van der Waals surface area contributed by atoms with E-state index in [9.17, 15) is 53.3 Å². The van der Waals surface area contributed by atoms with Crippen molar-refractivity contribution in [3.8, 4) is 23.0 Å². The summed E-state index contributed by atoms with van der Waals surface area (Å²) in [6.45, 7) is 0. The summed E-state index contributed by atoms with van der Waals surface area (Å²) in [6, 6.07) is 26.1. The number of nitrogens with zero attached hydrogens (tertiary/aromatic N) is 5. The van der Waals surface area contributed by atoms with Gasteiger partial charge in [-0.05, 0) is 47.2 Å². The molecule has 1 amide bonds. The largest absolute Gasteiger partial charge is 0.589 e. The van der Waals surface area contributed by atoms with Crippen LogP contribution < -0.4 is 10.4 Å². The minimum Gasteiger partial charge on any atom is -0.589 e. The summed E-state index contributed by atoms with van der Waals surface area (Å²) < 4.78 is 37.6. The van der Waals surface area contributed by atoms with E-state index in [2.05, 4.69) is 30.5 Å². The molecule has 7 aromatic carbocycles. The Balaban J connectivity index is 0.000000225. The zero-order valence-electron chi connectivity index (χ0n) is 30.5. The molecule has 0 heterocycles. The number of nitro groups is 2. The van der Waals surface area contributed by atoms with Crippen LogP contribution in [0.4, 0.5) is 44.6 Å². The molecular weight excluding hydrogens is 847 g/mol. The van der Waals surface area contributed by atoms with Gasteiger partial charge >= 0.3 is 17.5 Å². The topological polar surface area (TPSA) is 314 Å². The van der Waals surface area contributed by atoms with Gasteiger partial charge in [-0.2, -0.15) is 8.42 Å². The SMILES string of the molecule is COC(=O)Nc1cccc2ccc(O)c(N=Nc3cc([N+](=O)[O-])ccc3O)c12.O=[N+]([O-])c1ccc2c(N=[NH+]c3c([OH2+])ccc4ccccc34)c(O)cc(S(=O)(=O)O)c2c1.[Cr]. The molecule has 60 heavy (non-hydrogen) atoms. The van der Waals surface area contributed by atoms with Crippen molar-refractivity contribution in [1.29, 1.82) is 0 Å². The molecule has 0 aliphatic rings. The summed E-state index contributed by atoms with van der Waals surface area (Å²) >= 11 is 0. The number of carbonyl (C=O) groups excluding carboxylic acids is 1. The number of phenols is 3. The second-order valence-electron chi connectivity index (χ2n) is 12.2. The first kappa shape index (κ1) is 43.4. The van der Waals surface area contributed by atoms with Crippen molar-refractivity contribution in [2.75, 3.05) is 12.4 Å². The van der Waals surface area contributed by atoms with Crippen molar-refractivity contribution in [3.63, 3.8) is 0 Å². The van der Waals surface area contributed by atoms with E-state index >= 15 is 0 Å². The Labute approximate surface area is 347 Å². The van der Waals surface area contributed by atoms with E-state index < -0.39 is 42.4 Å². The van der Waals surface area contributed by atoms with E-state index in [4.69, 9.17) is 5.11 Å². The van der Waals surface area contributed by atoms with Crippen LogP contribution in [0.5, 0.6) is 23.0 Å². The maximum Gasteiger partial charge on any atom is 0.411 e. The van der Waals surface area contributed by atoms with Gasteiger partial charge in [-0.3, -0.25) is 30.1 Å². The molecule has 0 aliphatic heterocycles. The Morgan fingerprint density at radius 3 is 2.10 bits per heavy atom. The number of nitro benzene ring substituents is 2. The molecule has 0 radical (unpaired) electrons. The molecule has 0 unspecified atom stereocenters. The number of methoxy groups -OCH3 is 1. The van der Waals surface area contributed by atoms with Crippen molar-refractivity contribution < 1.29 is 75.2 Å². The molecule has 304 valence electrons. The van der Waals surface area contributed by atoms with Crippen molar-refractivity contribution >= 4 is 88.3 Å². The Kier molecular flexibility index (Phi) is 12.9. The summed E-state index contributed by atoms with van der Waals surface area (Å²) in [6.07, 6.45) is -0.713. The molecule has 0 saturated carbocycles. The number of amides is 1. The van der Waals surface area contributed by atoms with Crippen LogP contribution >= 0.6 is 0 Å². The van der Waals surface area contributed by atoms with E-state index in [-0.39, 0.29) is 68.1 Å². The van der Waals surface area contributed by atoms with Crippen molar-refractivity contribution in [1.82, 2.24) is 0 Å². The number of phenolic OH excluding ortho intramolecular Hbond substituents is 3. The third kappa shape index (κ3) is 9.17. The molecule has 0 atom stereocenters. The van der Waals surface area contributed by atoms with Crippen LogP contribution in [-0.2, 0) is 32.2 Å². The minimum absolute atomic E-state index is 0. The van der Waals surface area contributed by atoms with Crippen LogP contribution in [0.25, 0.3) is 32.3 Å². The second-order valence-corrected chi connectivity index (χ2v) is 13.6. The molecule has 0 fully saturated rings. The number of aromatic hydroxyl groups is 3. The predicted octanol–water partition coefficient (Wildman–Crippen LogP) is 7.54. The summed E-state index contributed by atoms with van der Waals surface area (Å²) in [7, 11) is -3.58. The van der Waals surface area contributed by atoms with Crippen LogP contribution in [0.3, 0.4) is 0 Å². The number of ether oxygens (including phenoxy) is 1. The zero-order chi connectivity index (χ0) is 42.6. The fraction of sp³-hybridized carbons (Fsp3) is 0.0263. The van der Waals surface area contributed by atoms with Gasteiger partial charge in [0, 0.05) is 75.0 Å². The quantitative estimate of drug-likeness (QED) is 0.0284. The number of azo groups is 2. The molecule has 0 saturated heterocycles. The number of anilines is 1. The molecule has 7 aromatic rings. The smallest absolute Gasteiger partial charge is 0.411 e. The first-order valence-electron chi connectivity index (χ1n) is 16.7. The van der Waals surface area contributed by atoms with Gasteiger partial charge in [-0.1, -0.05) is 41.5 Å². The number of hydrogen-bond acceptors (Lipinski definition) is 14. The van der Waals surface area contributed by atoms with Gasteiger partial charge in [0.25, 0.3) is 21.5 Å². The molecular formula is C38H29CrN7O13S+2. The molecule has 0 aliphatic carbocycles. The third-order valence-electron chi connectivity index (χ3n) is 8.58.